The van der Waals surface area contributed by atoms with Crippen molar-refractivity contribution in [1.82, 2.24) is 10.6 Å². The molecule has 0 aromatic heterocycles. The van der Waals surface area contributed by atoms with Crippen LogP contribution in [-0.4, -0.2) is 32.7 Å². The van der Waals surface area contributed by atoms with Gasteiger partial charge in [-0.2, -0.15) is 0 Å². The van der Waals surface area contributed by atoms with Crippen LogP contribution in [0.25, 0.3) is 0 Å². The molecule has 4 nitrogen and oxygen atoms in total. The maximum Gasteiger partial charge on any atom is 0.221 e. The number of nitrogens with one attached hydrogen (secondary N) is 2. The Bertz CT molecular complexity index is 358. The molecule has 2 N–H and O–H groups in total. The Labute approximate surface area is 110 Å². The average molecular weight is 301 g/mol. The zero-order chi connectivity index (χ0) is 12.5. The average Bonchev–Trinajstić information content (AvgIpc) is 2.32. The Morgan fingerprint density at radius 3 is 2.94 bits per heavy atom. The lowest BCUT2D eigenvalue weighted by Crippen LogP contribution is -2.30. The Hall–Kier alpha value is -1.07. The number of halogens is 1. The summed E-state index contributed by atoms with van der Waals surface area (Å²) in [4.78, 5) is 11.3. The highest BCUT2D eigenvalue weighted by molar-refractivity contribution is 9.10. The molecule has 0 aliphatic carbocycles. The standard InChI is InChI=1S/C12H17BrN2O2/c1-14-6-5-12(16)15-7-8-17-11-4-2-3-10(13)9-11/h2-4,9,14H,5-8H2,1H3,(H,15,16). The summed E-state index contributed by atoms with van der Waals surface area (Å²) >= 11 is 3.37. The highest BCUT2D eigenvalue weighted by Gasteiger charge is 1.99. The number of ether oxygens (including phenoxy) is 1. The van der Waals surface area contributed by atoms with Crippen molar-refractivity contribution < 1.29 is 9.53 Å². The van der Waals surface area contributed by atoms with Gasteiger partial charge in [0, 0.05) is 17.4 Å². The molecule has 1 aromatic carbocycles. The molecule has 94 valence electrons. The molecule has 0 radical (unpaired) electrons. The highest BCUT2D eigenvalue weighted by atomic mass is 79.9. The van der Waals surface area contributed by atoms with Crippen molar-refractivity contribution in [2.75, 3.05) is 26.7 Å². The summed E-state index contributed by atoms with van der Waals surface area (Å²) in [5.74, 6) is 0.834. The molecule has 0 spiro atoms. The van der Waals surface area contributed by atoms with E-state index in [0.29, 0.717) is 26.1 Å². The van der Waals surface area contributed by atoms with Gasteiger partial charge in [0.15, 0.2) is 0 Å². The second kappa shape index (κ2) is 8.08. The predicted octanol–water partition coefficient (Wildman–Crippen LogP) is 1.55. The second-order valence-corrected chi connectivity index (χ2v) is 4.43. The van der Waals surface area contributed by atoms with Gasteiger partial charge in [0.25, 0.3) is 0 Å². The fraction of sp³-hybridized carbons (Fsp3) is 0.417. The van der Waals surface area contributed by atoms with Crippen molar-refractivity contribution in [3.8, 4) is 5.75 Å². The van der Waals surface area contributed by atoms with Crippen LogP contribution in [0.2, 0.25) is 0 Å². The van der Waals surface area contributed by atoms with Gasteiger partial charge >= 0.3 is 0 Å². The first-order valence-electron chi connectivity index (χ1n) is 5.52. The number of rotatable bonds is 7. The van der Waals surface area contributed by atoms with Gasteiger partial charge in [-0.15, -0.1) is 0 Å². The second-order valence-electron chi connectivity index (χ2n) is 3.51. The summed E-state index contributed by atoms with van der Waals surface area (Å²) in [6.45, 7) is 1.69. The van der Waals surface area contributed by atoms with Crippen molar-refractivity contribution in [3.05, 3.63) is 28.7 Å². The number of amides is 1. The SMILES string of the molecule is CNCCC(=O)NCCOc1cccc(Br)c1. The number of carbonyl (C=O) groups is 1. The molecule has 0 bridgehead atoms. The van der Waals surface area contributed by atoms with Crippen molar-refractivity contribution in [2.45, 2.75) is 6.42 Å². The van der Waals surface area contributed by atoms with Crippen molar-refractivity contribution in [3.63, 3.8) is 0 Å². The minimum atomic E-state index is 0.0391. The molecule has 0 heterocycles. The minimum absolute atomic E-state index is 0.0391. The minimum Gasteiger partial charge on any atom is -0.492 e. The van der Waals surface area contributed by atoms with E-state index in [1.807, 2.05) is 31.3 Å². The van der Waals surface area contributed by atoms with Crippen LogP contribution in [-0.2, 0) is 4.79 Å². The molecule has 1 aromatic rings. The summed E-state index contributed by atoms with van der Waals surface area (Å²) in [5, 5.41) is 5.71. The molecule has 0 fully saturated rings. The van der Waals surface area contributed by atoms with E-state index >= 15 is 0 Å². The van der Waals surface area contributed by atoms with Crippen LogP contribution in [0.15, 0.2) is 28.7 Å². The van der Waals surface area contributed by atoms with Crippen LogP contribution in [0, 0.1) is 0 Å². The first-order chi connectivity index (χ1) is 8.22. The zero-order valence-electron chi connectivity index (χ0n) is 9.83. The quantitative estimate of drug-likeness (QED) is 0.751. The number of hydrogen-bond acceptors (Lipinski definition) is 3. The Morgan fingerprint density at radius 2 is 2.24 bits per heavy atom. The van der Waals surface area contributed by atoms with Gasteiger partial charge in [0.1, 0.15) is 12.4 Å². The first kappa shape index (κ1) is 14.0. The predicted molar refractivity (Wildman–Crippen MR) is 71.2 cm³/mol. The summed E-state index contributed by atoms with van der Waals surface area (Å²) in [7, 11) is 1.82. The van der Waals surface area contributed by atoms with E-state index in [2.05, 4.69) is 26.6 Å². The van der Waals surface area contributed by atoms with E-state index in [4.69, 9.17) is 4.74 Å². The largest absolute Gasteiger partial charge is 0.492 e. The Morgan fingerprint density at radius 1 is 1.41 bits per heavy atom. The lowest BCUT2D eigenvalue weighted by Gasteiger charge is -2.07. The molecule has 0 atom stereocenters. The van der Waals surface area contributed by atoms with E-state index < -0.39 is 0 Å². The number of benzene rings is 1. The highest BCUT2D eigenvalue weighted by Crippen LogP contribution is 2.17. The van der Waals surface area contributed by atoms with Crippen LogP contribution in [0.1, 0.15) is 6.42 Å². The van der Waals surface area contributed by atoms with Gasteiger partial charge in [-0.1, -0.05) is 22.0 Å². The lowest BCUT2D eigenvalue weighted by atomic mass is 10.3. The third-order valence-corrected chi connectivity index (χ3v) is 2.58. The zero-order valence-corrected chi connectivity index (χ0v) is 11.4. The van der Waals surface area contributed by atoms with Crippen LogP contribution in [0.5, 0.6) is 5.75 Å². The number of carbonyl (C=O) groups excluding carboxylic acids is 1. The lowest BCUT2D eigenvalue weighted by molar-refractivity contribution is -0.121. The molecule has 0 saturated carbocycles. The molecule has 0 saturated heterocycles. The van der Waals surface area contributed by atoms with E-state index in [0.717, 1.165) is 10.2 Å². The van der Waals surface area contributed by atoms with Crippen molar-refractivity contribution >= 4 is 21.8 Å². The van der Waals surface area contributed by atoms with E-state index in [9.17, 15) is 4.79 Å². The maximum atomic E-state index is 11.3. The van der Waals surface area contributed by atoms with Crippen molar-refractivity contribution in [1.29, 1.82) is 0 Å². The molecule has 1 amide bonds. The summed E-state index contributed by atoms with van der Waals surface area (Å²) < 4.78 is 6.46. The van der Waals surface area contributed by atoms with Gasteiger partial charge < -0.3 is 15.4 Å². The van der Waals surface area contributed by atoms with E-state index in [1.165, 1.54) is 0 Å². The van der Waals surface area contributed by atoms with Crippen LogP contribution < -0.4 is 15.4 Å². The van der Waals surface area contributed by atoms with Gasteiger partial charge in [0.05, 0.1) is 6.54 Å². The molecular weight excluding hydrogens is 284 g/mol. The third-order valence-electron chi connectivity index (χ3n) is 2.09. The topological polar surface area (TPSA) is 50.4 Å². The Balaban J connectivity index is 2.14. The van der Waals surface area contributed by atoms with Crippen molar-refractivity contribution in [2.24, 2.45) is 0 Å². The molecular formula is C12H17BrN2O2. The van der Waals surface area contributed by atoms with Gasteiger partial charge in [-0.25, -0.2) is 0 Å². The first-order valence-corrected chi connectivity index (χ1v) is 6.31. The fourth-order valence-corrected chi connectivity index (χ4v) is 1.62. The molecule has 1 rings (SSSR count). The summed E-state index contributed by atoms with van der Waals surface area (Å²) in [6, 6.07) is 7.62. The maximum absolute atomic E-state index is 11.3. The van der Waals surface area contributed by atoms with E-state index in [-0.39, 0.29) is 5.91 Å². The summed E-state index contributed by atoms with van der Waals surface area (Å²) in [5.41, 5.74) is 0. The van der Waals surface area contributed by atoms with Crippen LogP contribution in [0.3, 0.4) is 0 Å². The van der Waals surface area contributed by atoms with Crippen LogP contribution >= 0.6 is 15.9 Å². The number of hydrogen-bond donors (Lipinski definition) is 2. The monoisotopic (exact) mass is 300 g/mol. The van der Waals surface area contributed by atoms with Crippen LogP contribution in [0.4, 0.5) is 0 Å². The molecule has 0 unspecified atom stereocenters. The summed E-state index contributed by atoms with van der Waals surface area (Å²) in [6.07, 6.45) is 0.493. The van der Waals surface area contributed by atoms with Gasteiger partial charge in [-0.05, 0) is 25.2 Å². The Kier molecular flexibility index (Phi) is 6.65. The third kappa shape index (κ3) is 6.28. The fourth-order valence-electron chi connectivity index (χ4n) is 1.24. The van der Waals surface area contributed by atoms with Gasteiger partial charge in [0.2, 0.25) is 5.91 Å². The van der Waals surface area contributed by atoms with Gasteiger partial charge in [-0.3, -0.25) is 4.79 Å². The van der Waals surface area contributed by atoms with E-state index in [1.54, 1.807) is 0 Å². The molecule has 0 aliphatic rings. The molecule has 0 aliphatic heterocycles. The smallest absolute Gasteiger partial charge is 0.221 e. The normalized spacial score (nSPS) is 10.0. The molecule has 5 heteroatoms. The molecule has 17 heavy (non-hydrogen) atoms.